The molecule has 0 aliphatic rings. The predicted octanol–water partition coefficient (Wildman–Crippen LogP) is 4.05. The molecule has 0 atom stereocenters. The molecule has 0 aliphatic heterocycles. The minimum absolute atomic E-state index is 0.106. The second kappa shape index (κ2) is 7.37. The van der Waals surface area contributed by atoms with E-state index in [1.807, 2.05) is 30.3 Å². The highest BCUT2D eigenvalue weighted by atomic mass is 35.5. The Morgan fingerprint density at radius 2 is 1.96 bits per heavy atom. The zero-order valence-electron chi connectivity index (χ0n) is 13.8. The van der Waals surface area contributed by atoms with Crippen molar-refractivity contribution in [3.05, 3.63) is 86.7 Å². The number of nitrogens with one attached hydrogen (secondary N) is 1. The lowest BCUT2D eigenvalue weighted by Crippen LogP contribution is -2.13. The maximum Gasteiger partial charge on any atom is 0.271 e. The molecule has 132 valence electrons. The summed E-state index contributed by atoms with van der Waals surface area (Å²) in [5.74, 6) is -0.465. The highest BCUT2D eigenvalue weighted by Crippen LogP contribution is 2.23. The molecule has 0 fully saturated rings. The van der Waals surface area contributed by atoms with Crippen LogP contribution in [0.4, 0.5) is 11.4 Å². The van der Waals surface area contributed by atoms with E-state index in [-0.39, 0.29) is 16.4 Å². The van der Waals surface area contributed by atoms with E-state index in [0.717, 1.165) is 5.56 Å². The van der Waals surface area contributed by atoms with E-state index in [0.29, 0.717) is 17.9 Å². The van der Waals surface area contributed by atoms with Crippen LogP contribution in [-0.4, -0.2) is 20.6 Å². The van der Waals surface area contributed by atoms with E-state index in [1.165, 1.54) is 18.2 Å². The fraction of sp³-hybridized carbons (Fsp3) is 0.111. The zero-order chi connectivity index (χ0) is 18.7. The van der Waals surface area contributed by atoms with E-state index >= 15 is 0 Å². The number of rotatable bonds is 5. The summed E-state index contributed by atoms with van der Waals surface area (Å²) in [6.45, 7) is 2.13. The van der Waals surface area contributed by atoms with Crippen molar-refractivity contribution in [2.45, 2.75) is 13.5 Å². The number of hydrogen-bond donors (Lipinski definition) is 1. The van der Waals surface area contributed by atoms with Gasteiger partial charge in [0.25, 0.3) is 11.6 Å². The van der Waals surface area contributed by atoms with Gasteiger partial charge in [0.1, 0.15) is 5.15 Å². The number of hydrogen-bond acceptors (Lipinski definition) is 4. The van der Waals surface area contributed by atoms with Gasteiger partial charge in [-0.25, -0.2) is 4.68 Å². The summed E-state index contributed by atoms with van der Waals surface area (Å²) in [6.07, 6.45) is 0. The third kappa shape index (κ3) is 3.73. The summed E-state index contributed by atoms with van der Waals surface area (Å²) in [5, 5.41) is 18.0. The molecule has 3 aromatic rings. The van der Waals surface area contributed by atoms with Crippen LogP contribution >= 0.6 is 11.6 Å². The quantitative estimate of drug-likeness (QED) is 0.541. The average Bonchev–Trinajstić information content (AvgIpc) is 2.89. The SMILES string of the molecule is Cc1nn(Cc2ccccc2)c(Cl)c1C(=O)Nc1cccc([N+](=O)[O-])c1. The molecule has 8 heteroatoms. The first kappa shape index (κ1) is 17.6. The van der Waals surface area contributed by atoms with Crippen molar-refractivity contribution in [2.24, 2.45) is 0 Å². The number of amides is 1. The summed E-state index contributed by atoms with van der Waals surface area (Å²) >= 11 is 6.35. The van der Waals surface area contributed by atoms with Crippen LogP contribution in [0, 0.1) is 17.0 Å². The van der Waals surface area contributed by atoms with Crippen LogP contribution in [-0.2, 0) is 6.54 Å². The third-order valence-electron chi connectivity index (χ3n) is 3.78. The summed E-state index contributed by atoms with van der Waals surface area (Å²) in [4.78, 5) is 22.9. The predicted molar refractivity (Wildman–Crippen MR) is 98.6 cm³/mol. The molecule has 0 unspecified atom stereocenters. The molecule has 1 heterocycles. The van der Waals surface area contributed by atoms with Crippen molar-refractivity contribution in [3.63, 3.8) is 0 Å². The number of non-ortho nitro benzene ring substituents is 1. The topological polar surface area (TPSA) is 90.1 Å². The highest BCUT2D eigenvalue weighted by molar-refractivity contribution is 6.33. The Kier molecular flexibility index (Phi) is 4.99. The van der Waals surface area contributed by atoms with Crippen LogP contribution < -0.4 is 5.32 Å². The lowest BCUT2D eigenvalue weighted by molar-refractivity contribution is -0.384. The van der Waals surface area contributed by atoms with Crippen LogP contribution in [0.2, 0.25) is 5.15 Å². The Labute approximate surface area is 154 Å². The Morgan fingerprint density at radius 1 is 1.23 bits per heavy atom. The van der Waals surface area contributed by atoms with E-state index in [9.17, 15) is 14.9 Å². The number of nitrogens with zero attached hydrogens (tertiary/aromatic N) is 3. The molecule has 0 aliphatic carbocycles. The molecular weight excluding hydrogens is 356 g/mol. The first-order chi connectivity index (χ1) is 12.5. The van der Waals surface area contributed by atoms with Gasteiger partial charge in [0.15, 0.2) is 0 Å². The Hall–Kier alpha value is -3.19. The number of halogens is 1. The lowest BCUT2D eigenvalue weighted by Gasteiger charge is -2.06. The Morgan fingerprint density at radius 3 is 2.65 bits per heavy atom. The van der Waals surface area contributed by atoms with Gasteiger partial charge in [-0.15, -0.1) is 0 Å². The molecule has 1 N–H and O–H groups in total. The molecule has 0 bridgehead atoms. The van der Waals surface area contributed by atoms with Crippen molar-refractivity contribution in [3.8, 4) is 0 Å². The lowest BCUT2D eigenvalue weighted by atomic mass is 10.2. The fourth-order valence-corrected chi connectivity index (χ4v) is 2.88. The van der Waals surface area contributed by atoms with E-state index in [2.05, 4.69) is 10.4 Å². The van der Waals surface area contributed by atoms with Crippen LogP contribution in [0.25, 0.3) is 0 Å². The van der Waals surface area contributed by atoms with Crippen LogP contribution in [0.15, 0.2) is 54.6 Å². The molecule has 2 aromatic carbocycles. The van der Waals surface area contributed by atoms with Crippen LogP contribution in [0.5, 0.6) is 0 Å². The third-order valence-corrected chi connectivity index (χ3v) is 4.17. The van der Waals surface area contributed by atoms with Crippen molar-refractivity contribution in [1.29, 1.82) is 0 Å². The normalized spacial score (nSPS) is 10.5. The number of benzene rings is 2. The van der Waals surface area contributed by atoms with Crippen LogP contribution in [0.1, 0.15) is 21.6 Å². The Bertz CT molecular complexity index is 970. The first-order valence-corrected chi connectivity index (χ1v) is 8.16. The maximum absolute atomic E-state index is 12.6. The van der Waals surface area contributed by atoms with Gasteiger partial charge in [0.05, 0.1) is 22.7 Å². The standard InChI is InChI=1S/C18H15ClN4O3/c1-12-16(17(19)22(21-12)11-13-6-3-2-4-7-13)18(24)20-14-8-5-9-15(10-14)23(25)26/h2-10H,11H2,1H3,(H,20,24). The van der Waals surface area contributed by atoms with Crippen molar-refractivity contribution in [2.75, 3.05) is 5.32 Å². The van der Waals surface area contributed by atoms with Crippen molar-refractivity contribution < 1.29 is 9.72 Å². The molecule has 0 saturated heterocycles. The summed E-state index contributed by atoms with van der Waals surface area (Å²) in [7, 11) is 0. The van der Waals surface area contributed by atoms with Crippen molar-refractivity contribution >= 4 is 28.9 Å². The number of aromatic nitrogens is 2. The van der Waals surface area contributed by atoms with Gasteiger partial charge < -0.3 is 5.32 Å². The molecule has 0 spiro atoms. The second-order valence-corrected chi connectivity index (χ2v) is 6.01. The van der Waals surface area contributed by atoms with Crippen LogP contribution in [0.3, 0.4) is 0 Å². The average molecular weight is 371 g/mol. The van der Waals surface area contributed by atoms with Gasteiger partial charge in [0.2, 0.25) is 0 Å². The summed E-state index contributed by atoms with van der Waals surface area (Å²) in [6, 6.07) is 15.3. The highest BCUT2D eigenvalue weighted by Gasteiger charge is 2.21. The van der Waals surface area contributed by atoms with Gasteiger partial charge in [-0.3, -0.25) is 14.9 Å². The van der Waals surface area contributed by atoms with Gasteiger partial charge in [-0.05, 0) is 18.6 Å². The minimum atomic E-state index is -0.522. The number of anilines is 1. The first-order valence-electron chi connectivity index (χ1n) is 7.78. The monoisotopic (exact) mass is 370 g/mol. The summed E-state index contributed by atoms with van der Waals surface area (Å²) in [5.41, 5.74) is 1.94. The maximum atomic E-state index is 12.6. The van der Waals surface area contributed by atoms with Crippen molar-refractivity contribution in [1.82, 2.24) is 9.78 Å². The second-order valence-electron chi connectivity index (χ2n) is 5.66. The number of carbonyl (C=O) groups is 1. The smallest absolute Gasteiger partial charge is 0.271 e. The van der Waals surface area contributed by atoms with Gasteiger partial charge in [-0.1, -0.05) is 48.0 Å². The van der Waals surface area contributed by atoms with E-state index < -0.39 is 10.8 Å². The minimum Gasteiger partial charge on any atom is -0.322 e. The zero-order valence-corrected chi connectivity index (χ0v) is 14.6. The molecule has 26 heavy (non-hydrogen) atoms. The van der Waals surface area contributed by atoms with E-state index in [4.69, 9.17) is 11.6 Å². The Balaban J connectivity index is 1.84. The number of nitro groups is 1. The molecule has 3 rings (SSSR count). The van der Waals surface area contributed by atoms with Gasteiger partial charge in [-0.2, -0.15) is 5.10 Å². The molecule has 1 amide bonds. The molecule has 0 saturated carbocycles. The van der Waals surface area contributed by atoms with Gasteiger partial charge in [0, 0.05) is 17.8 Å². The number of nitro benzene ring substituents is 1. The largest absolute Gasteiger partial charge is 0.322 e. The molecular formula is C18H15ClN4O3. The van der Waals surface area contributed by atoms with Gasteiger partial charge >= 0.3 is 0 Å². The fourth-order valence-electron chi connectivity index (χ4n) is 2.56. The summed E-state index contributed by atoms with van der Waals surface area (Å²) < 4.78 is 1.55. The molecule has 7 nitrogen and oxygen atoms in total. The molecule has 0 radical (unpaired) electrons. The van der Waals surface area contributed by atoms with E-state index in [1.54, 1.807) is 17.7 Å². The number of carbonyl (C=O) groups excluding carboxylic acids is 1. The number of aryl methyl sites for hydroxylation is 1. The molecule has 1 aromatic heterocycles.